The maximum atomic E-state index is 5.66. The highest BCUT2D eigenvalue weighted by Gasteiger charge is 2.28. The van der Waals surface area contributed by atoms with E-state index in [1.165, 1.54) is 18.5 Å². The summed E-state index contributed by atoms with van der Waals surface area (Å²) in [6.45, 7) is 9.76. The van der Waals surface area contributed by atoms with Crippen molar-refractivity contribution in [3.8, 4) is 0 Å². The minimum Gasteiger partial charge on any atom is -0.381 e. The van der Waals surface area contributed by atoms with E-state index in [-0.39, 0.29) is 0 Å². The fraction of sp³-hybridized carbons (Fsp3) is 0.692. The number of allylic oxidation sites excluding steroid dienone is 1. The monoisotopic (exact) mass is 222 g/mol. The molecule has 1 N–H and O–H groups in total. The lowest BCUT2D eigenvalue weighted by molar-refractivity contribution is 0.104. The van der Waals surface area contributed by atoms with E-state index in [2.05, 4.69) is 29.8 Å². The zero-order valence-corrected chi connectivity index (χ0v) is 10.1. The number of nitrogens with one attached hydrogen (secondary N) is 1. The van der Waals surface area contributed by atoms with E-state index in [4.69, 9.17) is 4.74 Å². The molecule has 3 heteroatoms. The third-order valence-corrected chi connectivity index (χ3v) is 3.60. The molecule has 0 aromatic carbocycles. The summed E-state index contributed by atoms with van der Waals surface area (Å²) in [4.78, 5) is 2.26. The number of hydrogen-bond acceptors (Lipinski definition) is 3. The van der Waals surface area contributed by atoms with Crippen LogP contribution < -0.4 is 5.32 Å². The lowest BCUT2D eigenvalue weighted by Gasteiger charge is -2.25. The van der Waals surface area contributed by atoms with Crippen LogP contribution in [-0.4, -0.2) is 37.2 Å². The van der Waals surface area contributed by atoms with Gasteiger partial charge in [0.1, 0.15) is 0 Å². The van der Waals surface area contributed by atoms with Crippen LogP contribution in [0.4, 0.5) is 0 Å². The minimum atomic E-state index is 0.581. The second kappa shape index (κ2) is 5.51. The van der Waals surface area contributed by atoms with Crippen molar-refractivity contribution in [1.82, 2.24) is 10.2 Å². The van der Waals surface area contributed by atoms with Crippen molar-refractivity contribution in [2.75, 3.05) is 26.3 Å². The summed E-state index contributed by atoms with van der Waals surface area (Å²) in [7, 11) is 0. The molecule has 16 heavy (non-hydrogen) atoms. The van der Waals surface area contributed by atoms with Gasteiger partial charge in [0.25, 0.3) is 0 Å². The molecule has 0 saturated carbocycles. The molecule has 0 aromatic rings. The number of rotatable bonds is 1. The molecule has 0 spiro atoms. The Labute approximate surface area is 98.2 Å². The largest absolute Gasteiger partial charge is 0.381 e. The Balaban J connectivity index is 2.11. The lowest BCUT2D eigenvalue weighted by Crippen LogP contribution is -2.37. The van der Waals surface area contributed by atoms with Gasteiger partial charge in [-0.05, 0) is 26.0 Å². The second-order valence-electron chi connectivity index (χ2n) is 4.58. The fourth-order valence-corrected chi connectivity index (χ4v) is 2.61. The van der Waals surface area contributed by atoms with Crippen LogP contribution in [0, 0.1) is 5.92 Å². The topological polar surface area (TPSA) is 24.5 Å². The van der Waals surface area contributed by atoms with Crippen LogP contribution in [0.1, 0.15) is 19.8 Å². The standard InChI is InChI=1S/C13H22N2O/c1-3-12-8-14-13-6-5-7-16-10-11(13)9-15(12)4-2/h3-4,11,13-14H,2,5-10H2,1H3/b12-3-. The number of nitrogens with zero attached hydrogens (tertiary/aromatic N) is 1. The molecule has 2 saturated heterocycles. The SMILES string of the molecule is C=CN1CC2COCCCC2NC/C1=C/C. The van der Waals surface area contributed by atoms with Crippen molar-refractivity contribution < 1.29 is 4.74 Å². The summed E-state index contributed by atoms with van der Waals surface area (Å²) < 4.78 is 5.66. The Morgan fingerprint density at radius 1 is 1.56 bits per heavy atom. The Morgan fingerprint density at radius 2 is 2.44 bits per heavy atom. The highest BCUT2D eigenvalue weighted by atomic mass is 16.5. The van der Waals surface area contributed by atoms with E-state index in [0.29, 0.717) is 12.0 Å². The number of ether oxygens (including phenoxy) is 1. The van der Waals surface area contributed by atoms with Gasteiger partial charge < -0.3 is 15.0 Å². The molecule has 0 aliphatic carbocycles. The zero-order valence-electron chi connectivity index (χ0n) is 10.1. The van der Waals surface area contributed by atoms with Gasteiger partial charge in [0.15, 0.2) is 0 Å². The highest BCUT2D eigenvalue weighted by Crippen LogP contribution is 2.22. The van der Waals surface area contributed by atoms with E-state index < -0.39 is 0 Å². The van der Waals surface area contributed by atoms with E-state index in [0.717, 1.165) is 26.3 Å². The summed E-state index contributed by atoms with van der Waals surface area (Å²) in [6, 6.07) is 0.599. The second-order valence-corrected chi connectivity index (χ2v) is 4.58. The number of fused-ring (bicyclic) bond motifs is 1. The summed E-state index contributed by atoms with van der Waals surface area (Å²) >= 11 is 0. The molecule has 0 bridgehead atoms. The van der Waals surface area contributed by atoms with E-state index >= 15 is 0 Å². The normalized spacial score (nSPS) is 34.1. The third kappa shape index (κ3) is 2.47. The molecule has 90 valence electrons. The molecule has 2 heterocycles. The molecular weight excluding hydrogens is 200 g/mol. The van der Waals surface area contributed by atoms with E-state index in [1.807, 2.05) is 6.20 Å². The molecule has 2 aliphatic heterocycles. The minimum absolute atomic E-state index is 0.581. The first-order valence-corrected chi connectivity index (χ1v) is 6.20. The molecule has 2 atom stereocenters. The van der Waals surface area contributed by atoms with Gasteiger partial charge in [-0.2, -0.15) is 0 Å². The predicted octanol–water partition coefficient (Wildman–Crippen LogP) is 1.73. The quantitative estimate of drug-likeness (QED) is 0.731. The van der Waals surface area contributed by atoms with Crippen LogP contribution in [0.2, 0.25) is 0 Å². The van der Waals surface area contributed by atoms with E-state index in [1.54, 1.807) is 0 Å². The third-order valence-electron chi connectivity index (χ3n) is 3.60. The molecule has 2 rings (SSSR count). The maximum absolute atomic E-state index is 5.66. The highest BCUT2D eigenvalue weighted by molar-refractivity contribution is 5.09. The summed E-state index contributed by atoms with van der Waals surface area (Å²) in [6.07, 6.45) is 6.51. The van der Waals surface area contributed by atoms with Crippen LogP contribution >= 0.6 is 0 Å². The van der Waals surface area contributed by atoms with Gasteiger partial charge >= 0.3 is 0 Å². The van der Waals surface area contributed by atoms with Crippen molar-refractivity contribution in [2.45, 2.75) is 25.8 Å². The van der Waals surface area contributed by atoms with Crippen LogP contribution in [-0.2, 0) is 4.74 Å². The fourth-order valence-electron chi connectivity index (χ4n) is 2.61. The van der Waals surface area contributed by atoms with Crippen molar-refractivity contribution in [2.24, 2.45) is 5.92 Å². The van der Waals surface area contributed by atoms with Crippen molar-refractivity contribution >= 4 is 0 Å². The molecule has 2 fully saturated rings. The Bertz CT molecular complexity index is 275. The van der Waals surface area contributed by atoms with Gasteiger partial charge in [0, 0.05) is 37.4 Å². The van der Waals surface area contributed by atoms with Crippen LogP contribution in [0.5, 0.6) is 0 Å². The molecule has 0 amide bonds. The summed E-state index contributed by atoms with van der Waals surface area (Å²) in [5.74, 6) is 0.581. The zero-order chi connectivity index (χ0) is 11.4. The van der Waals surface area contributed by atoms with Gasteiger partial charge in [-0.15, -0.1) is 0 Å². The van der Waals surface area contributed by atoms with Gasteiger partial charge in [-0.1, -0.05) is 12.7 Å². The van der Waals surface area contributed by atoms with Gasteiger partial charge in [0.2, 0.25) is 0 Å². The van der Waals surface area contributed by atoms with Crippen LogP contribution in [0.15, 0.2) is 24.6 Å². The van der Waals surface area contributed by atoms with Crippen molar-refractivity contribution in [3.63, 3.8) is 0 Å². The summed E-state index contributed by atoms with van der Waals surface area (Å²) in [5, 5.41) is 3.65. The van der Waals surface area contributed by atoms with Crippen LogP contribution in [0.3, 0.4) is 0 Å². The Kier molecular flexibility index (Phi) is 4.02. The molecule has 0 radical (unpaired) electrons. The first-order valence-electron chi connectivity index (χ1n) is 6.20. The average molecular weight is 222 g/mol. The Hall–Kier alpha value is -0.800. The molecule has 2 unspecified atom stereocenters. The smallest absolute Gasteiger partial charge is 0.0526 e. The lowest BCUT2D eigenvalue weighted by atomic mass is 9.97. The van der Waals surface area contributed by atoms with Gasteiger partial charge in [-0.25, -0.2) is 0 Å². The molecular formula is C13H22N2O. The van der Waals surface area contributed by atoms with Crippen molar-refractivity contribution in [1.29, 1.82) is 0 Å². The Morgan fingerprint density at radius 3 is 3.19 bits per heavy atom. The van der Waals surface area contributed by atoms with Crippen LogP contribution in [0.25, 0.3) is 0 Å². The maximum Gasteiger partial charge on any atom is 0.0526 e. The van der Waals surface area contributed by atoms with Crippen molar-refractivity contribution in [3.05, 3.63) is 24.6 Å². The first kappa shape index (κ1) is 11.7. The molecule has 0 aromatic heterocycles. The summed E-state index contributed by atoms with van der Waals surface area (Å²) in [5.41, 5.74) is 1.32. The average Bonchev–Trinajstić information content (AvgIpc) is 2.61. The molecule has 2 aliphatic rings. The van der Waals surface area contributed by atoms with Gasteiger partial charge in [-0.3, -0.25) is 0 Å². The predicted molar refractivity (Wildman–Crippen MR) is 66.0 cm³/mol. The van der Waals surface area contributed by atoms with Gasteiger partial charge in [0.05, 0.1) is 6.61 Å². The molecule has 3 nitrogen and oxygen atoms in total. The first-order chi connectivity index (χ1) is 7.85. The number of hydrogen-bond donors (Lipinski definition) is 1. The van der Waals surface area contributed by atoms with E-state index in [9.17, 15) is 0 Å².